The minimum Gasteiger partial charge on any atom is -0.493 e. The molecule has 3 atom stereocenters. The van der Waals surface area contributed by atoms with Gasteiger partial charge in [-0.3, -0.25) is 9.59 Å². The maximum atomic E-state index is 12.5. The van der Waals surface area contributed by atoms with Crippen molar-refractivity contribution >= 4 is 18.3 Å². The highest BCUT2D eigenvalue weighted by molar-refractivity contribution is 5.85. The van der Waals surface area contributed by atoms with Gasteiger partial charge in [0.05, 0.1) is 19.1 Å². The average molecular weight is 404 g/mol. The highest BCUT2D eigenvalue weighted by atomic mass is 35.5. The first-order valence-corrected chi connectivity index (χ1v) is 9.59. The molecule has 2 aliphatic rings. The molecule has 1 amide bonds. The number of ether oxygens (including phenoxy) is 1. The van der Waals surface area contributed by atoms with Crippen molar-refractivity contribution in [1.82, 2.24) is 15.2 Å². The predicted molar refractivity (Wildman–Crippen MR) is 110 cm³/mol. The number of hydrogen-bond donors (Lipinski definition) is 2. The van der Waals surface area contributed by atoms with Crippen molar-refractivity contribution in [2.45, 2.75) is 24.8 Å². The summed E-state index contributed by atoms with van der Waals surface area (Å²) in [6.07, 6.45) is 1.36. The van der Waals surface area contributed by atoms with E-state index in [1.54, 1.807) is 6.07 Å². The molecule has 7 heteroatoms. The number of fused-ring (bicyclic) bond motifs is 4. The van der Waals surface area contributed by atoms with Crippen molar-refractivity contribution in [3.63, 3.8) is 0 Å². The van der Waals surface area contributed by atoms with Crippen molar-refractivity contribution < 1.29 is 9.53 Å². The molecule has 0 unspecified atom stereocenters. The van der Waals surface area contributed by atoms with Gasteiger partial charge in [-0.15, -0.1) is 12.4 Å². The molecule has 0 aliphatic carbocycles. The fourth-order valence-corrected chi connectivity index (χ4v) is 4.25. The fourth-order valence-electron chi connectivity index (χ4n) is 4.25. The van der Waals surface area contributed by atoms with Crippen molar-refractivity contribution in [2.75, 3.05) is 26.2 Å². The van der Waals surface area contributed by atoms with Crippen LogP contribution in [0.5, 0.6) is 5.75 Å². The summed E-state index contributed by atoms with van der Waals surface area (Å²) in [4.78, 5) is 24.7. The monoisotopic (exact) mass is 403 g/mol. The summed E-state index contributed by atoms with van der Waals surface area (Å²) in [7, 11) is 0. The van der Waals surface area contributed by atoms with Crippen molar-refractivity contribution in [3.05, 3.63) is 64.6 Å². The molecule has 0 spiro atoms. The van der Waals surface area contributed by atoms with E-state index < -0.39 is 0 Å². The topological polar surface area (TPSA) is 72.4 Å². The summed E-state index contributed by atoms with van der Waals surface area (Å²) in [6.45, 7) is 2.61. The second-order valence-electron chi connectivity index (χ2n) is 7.29. The van der Waals surface area contributed by atoms with Crippen LogP contribution in [0.3, 0.4) is 0 Å². The number of benzene rings is 1. The van der Waals surface area contributed by atoms with Gasteiger partial charge >= 0.3 is 0 Å². The Bertz CT molecular complexity index is 855. The SMILES string of the molecule is Cl.O=C(CCOc1ccccc1)NC[C@H]1[C@@H]2CNC[C@@H](C2)c2cccc(=O)n21. The van der Waals surface area contributed by atoms with Crippen LogP contribution in [-0.4, -0.2) is 36.7 Å². The van der Waals surface area contributed by atoms with E-state index in [1.165, 1.54) is 0 Å². The molecular formula is C21H26ClN3O3. The number of halogens is 1. The number of carbonyl (C=O) groups is 1. The highest BCUT2D eigenvalue weighted by Gasteiger charge is 2.37. The minimum atomic E-state index is -0.0534. The van der Waals surface area contributed by atoms with Gasteiger partial charge in [-0.2, -0.15) is 0 Å². The Morgan fingerprint density at radius 2 is 1.96 bits per heavy atom. The van der Waals surface area contributed by atoms with Crippen LogP contribution in [0.1, 0.15) is 30.5 Å². The molecule has 1 fully saturated rings. The molecule has 4 rings (SSSR count). The summed E-state index contributed by atoms with van der Waals surface area (Å²) >= 11 is 0. The Balaban J connectivity index is 0.00000225. The minimum absolute atomic E-state index is 0. The molecule has 2 aliphatic heterocycles. The number of amides is 1. The lowest BCUT2D eigenvalue weighted by Crippen LogP contribution is -2.50. The van der Waals surface area contributed by atoms with E-state index in [0.29, 0.717) is 31.4 Å². The van der Waals surface area contributed by atoms with E-state index in [4.69, 9.17) is 4.74 Å². The number of nitrogens with zero attached hydrogens (tertiary/aromatic N) is 1. The summed E-state index contributed by atoms with van der Waals surface area (Å²) in [5, 5.41) is 6.47. The van der Waals surface area contributed by atoms with Gasteiger partial charge in [-0.05, 0) is 30.5 Å². The van der Waals surface area contributed by atoms with Crippen LogP contribution in [0, 0.1) is 5.92 Å². The predicted octanol–water partition coefficient (Wildman–Crippen LogP) is 2.10. The van der Waals surface area contributed by atoms with Crippen LogP contribution in [-0.2, 0) is 4.79 Å². The van der Waals surface area contributed by atoms with Gasteiger partial charge in [-0.1, -0.05) is 24.3 Å². The van der Waals surface area contributed by atoms with Gasteiger partial charge in [0.2, 0.25) is 5.91 Å². The Labute approximate surface area is 170 Å². The number of nitrogens with one attached hydrogen (secondary N) is 2. The Hall–Kier alpha value is -2.31. The quantitative estimate of drug-likeness (QED) is 0.774. The number of hydrogen-bond acceptors (Lipinski definition) is 4. The average Bonchev–Trinajstić information content (AvgIpc) is 2.69. The molecule has 1 aromatic heterocycles. The van der Waals surface area contributed by atoms with Gasteiger partial charge in [0.25, 0.3) is 5.56 Å². The van der Waals surface area contributed by atoms with Gasteiger partial charge in [0, 0.05) is 37.3 Å². The third-order valence-corrected chi connectivity index (χ3v) is 5.55. The molecule has 28 heavy (non-hydrogen) atoms. The lowest BCUT2D eigenvalue weighted by molar-refractivity contribution is -0.121. The van der Waals surface area contributed by atoms with Crippen molar-refractivity contribution in [1.29, 1.82) is 0 Å². The van der Waals surface area contributed by atoms with E-state index in [0.717, 1.165) is 31.0 Å². The number of carbonyl (C=O) groups excluding carboxylic acids is 1. The van der Waals surface area contributed by atoms with E-state index in [1.807, 2.05) is 47.0 Å². The van der Waals surface area contributed by atoms with Crippen molar-refractivity contribution in [3.8, 4) is 5.75 Å². The highest BCUT2D eigenvalue weighted by Crippen LogP contribution is 2.38. The zero-order chi connectivity index (χ0) is 18.6. The molecule has 150 valence electrons. The number of piperidine rings is 1. The summed E-state index contributed by atoms with van der Waals surface area (Å²) in [5.41, 5.74) is 1.10. The van der Waals surface area contributed by atoms with Crippen LogP contribution in [0.25, 0.3) is 0 Å². The molecule has 1 saturated heterocycles. The van der Waals surface area contributed by atoms with E-state index in [9.17, 15) is 9.59 Å². The largest absolute Gasteiger partial charge is 0.493 e. The molecular weight excluding hydrogens is 378 g/mol. The van der Waals surface area contributed by atoms with Crippen LogP contribution in [0.2, 0.25) is 0 Å². The number of para-hydroxylation sites is 1. The Morgan fingerprint density at radius 3 is 2.79 bits per heavy atom. The normalized spacial score (nSPS) is 22.5. The van der Waals surface area contributed by atoms with Crippen LogP contribution < -0.4 is 20.9 Å². The molecule has 6 nitrogen and oxygen atoms in total. The van der Waals surface area contributed by atoms with Gasteiger partial charge in [-0.25, -0.2) is 0 Å². The van der Waals surface area contributed by atoms with Crippen LogP contribution in [0.4, 0.5) is 0 Å². The van der Waals surface area contributed by atoms with Gasteiger partial charge in [0.15, 0.2) is 0 Å². The summed E-state index contributed by atoms with van der Waals surface area (Å²) < 4.78 is 7.49. The Kier molecular flexibility index (Phi) is 6.75. The van der Waals surface area contributed by atoms with Crippen LogP contribution in [0.15, 0.2) is 53.3 Å². The summed E-state index contributed by atoms with van der Waals surface area (Å²) in [5.74, 6) is 1.45. The lowest BCUT2D eigenvalue weighted by Gasteiger charge is -2.43. The molecule has 2 bridgehead atoms. The first-order chi connectivity index (χ1) is 13.2. The molecule has 2 N–H and O–H groups in total. The zero-order valence-electron chi connectivity index (χ0n) is 15.7. The number of aromatic nitrogens is 1. The second kappa shape index (κ2) is 9.26. The molecule has 1 aromatic carbocycles. The molecule has 0 saturated carbocycles. The third kappa shape index (κ3) is 4.39. The number of rotatable bonds is 6. The lowest BCUT2D eigenvalue weighted by atomic mass is 9.79. The third-order valence-electron chi connectivity index (χ3n) is 5.55. The second-order valence-corrected chi connectivity index (χ2v) is 7.29. The first kappa shape index (κ1) is 20.4. The van der Waals surface area contributed by atoms with Crippen molar-refractivity contribution in [2.24, 2.45) is 5.92 Å². The smallest absolute Gasteiger partial charge is 0.251 e. The maximum absolute atomic E-state index is 12.5. The molecule has 0 radical (unpaired) electrons. The first-order valence-electron chi connectivity index (χ1n) is 9.59. The Morgan fingerprint density at radius 1 is 1.14 bits per heavy atom. The molecule has 2 aromatic rings. The van der Waals surface area contributed by atoms with E-state index in [-0.39, 0.29) is 29.9 Å². The standard InChI is InChI=1S/C21H25N3O3.ClH/c25-20(9-10-27-17-5-2-1-3-6-17)23-14-19-16-11-15(12-22-13-16)18-7-4-8-21(26)24(18)19;/h1-8,15-16,19,22H,9-14H2,(H,23,25);1H/t15-,16+,19+;/m1./s1. The van der Waals surface area contributed by atoms with Gasteiger partial charge in [0.1, 0.15) is 5.75 Å². The van der Waals surface area contributed by atoms with E-state index >= 15 is 0 Å². The molecule has 3 heterocycles. The zero-order valence-corrected chi connectivity index (χ0v) is 16.5. The maximum Gasteiger partial charge on any atom is 0.251 e. The van der Waals surface area contributed by atoms with E-state index in [2.05, 4.69) is 10.6 Å². The van der Waals surface area contributed by atoms with Crippen LogP contribution >= 0.6 is 12.4 Å². The summed E-state index contributed by atoms with van der Waals surface area (Å²) in [6, 6.07) is 15.0. The van der Waals surface area contributed by atoms with Gasteiger partial charge < -0.3 is 19.9 Å². The fraction of sp³-hybridized carbons (Fsp3) is 0.429. The number of pyridine rings is 1.